The summed E-state index contributed by atoms with van der Waals surface area (Å²) < 4.78 is 10.6. The van der Waals surface area contributed by atoms with Gasteiger partial charge in [0.2, 0.25) is 6.41 Å². The highest BCUT2D eigenvalue weighted by Gasteiger charge is 2.30. The molecular weight excluding hydrogens is 418 g/mol. The fraction of sp³-hybridized carbons (Fsp3) is 0.273. The first kappa shape index (κ1) is 20.7. The van der Waals surface area contributed by atoms with Crippen LogP contribution in [0.3, 0.4) is 0 Å². The Hall–Kier alpha value is -2.55. The predicted molar refractivity (Wildman–Crippen MR) is 122 cm³/mol. The van der Waals surface area contributed by atoms with Crippen molar-refractivity contribution in [2.75, 3.05) is 25.8 Å². The van der Waals surface area contributed by atoms with Gasteiger partial charge in [0, 0.05) is 23.2 Å². The second-order valence-electron chi connectivity index (χ2n) is 6.77. The number of amides is 1. The van der Waals surface area contributed by atoms with Gasteiger partial charge in [0.15, 0.2) is 0 Å². The number of hydrogen-bond donors (Lipinski definition) is 2. The van der Waals surface area contributed by atoms with Gasteiger partial charge in [-0.15, -0.1) is 23.1 Å². The number of thioether (sulfide) groups is 1. The maximum absolute atomic E-state index is 11.3. The van der Waals surface area contributed by atoms with Crippen LogP contribution in [0, 0.1) is 0 Å². The van der Waals surface area contributed by atoms with Gasteiger partial charge >= 0.3 is 0 Å². The SMILES string of the molecule is COc1ccc(-c2nc(C(NC=O)C3CSCN3)sc2-c2ccc(OC)cc2)cc1. The number of rotatable bonds is 8. The van der Waals surface area contributed by atoms with Gasteiger partial charge in [0.1, 0.15) is 16.5 Å². The highest BCUT2D eigenvalue weighted by Crippen LogP contribution is 2.40. The lowest BCUT2D eigenvalue weighted by Crippen LogP contribution is -2.39. The zero-order chi connectivity index (χ0) is 20.9. The highest BCUT2D eigenvalue weighted by molar-refractivity contribution is 7.99. The third kappa shape index (κ3) is 4.30. The second kappa shape index (κ2) is 9.51. The molecule has 6 nitrogen and oxygen atoms in total. The molecule has 2 heterocycles. The van der Waals surface area contributed by atoms with Gasteiger partial charge in [0.05, 0.1) is 30.8 Å². The van der Waals surface area contributed by atoms with E-state index in [1.54, 1.807) is 25.6 Å². The van der Waals surface area contributed by atoms with Crippen molar-refractivity contribution >= 4 is 29.5 Å². The summed E-state index contributed by atoms with van der Waals surface area (Å²) in [6, 6.07) is 15.8. The molecule has 0 spiro atoms. The molecule has 1 fully saturated rings. The monoisotopic (exact) mass is 441 g/mol. The maximum Gasteiger partial charge on any atom is 0.207 e. The number of aromatic nitrogens is 1. The van der Waals surface area contributed by atoms with Crippen molar-refractivity contribution in [1.82, 2.24) is 15.6 Å². The summed E-state index contributed by atoms with van der Waals surface area (Å²) in [7, 11) is 3.31. The molecule has 30 heavy (non-hydrogen) atoms. The van der Waals surface area contributed by atoms with Crippen molar-refractivity contribution in [2.45, 2.75) is 12.1 Å². The second-order valence-corrected chi connectivity index (χ2v) is 8.84. The van der Waals surface area contributed by atoms with Gasteiger partial charge in [-0.1, -0.05) is 0 Å². The molecule has 0 saturated carbocycles. The average molecular weight is 442 g/mol. The minimum atomic E-state index is -0.175. The third-order valence-electron chi connectivity index (χ3n) is 5.02. The smallest absolute Gasteiger partial charge is 0.207 e. The van der Waals surface area contributed by atoms with Crippen molar-refractivity contribution in [1.29, 1.82) is 0 Å². The lowest BCUT2D eigenvalue weighted by molar-refractivity contribution is -0.110. The van der Waals surface area contributed by atoms with Gasteiger partial charge in [0.25, 0.3) is 0 Å². The summed E-state index contributed by atoms with van der Waals surface area (Å²) in [6.45, 7) is 0. The van der Waals surface area contributed by atoms with Gasteiger partial charge in [-0.3, -0.25) is 4.79 Å². The first-order valence-corrected chi connectivity index (χ1v) is 11.5. The number of nitrogens with one attached hydrogen (secondary N) is 2. The molecule has 2 unspecified atom stereocenters. The summed E-state index contributed by atoms with van der Waals surface area (Å²) in [6.07, 6.45) is 0.761. The zero-order valence-electron chi connectivity index (χ0n) is 16.8. The van der Waals surface area contributed by atoms with E-state index in [1.807, 2.05) is 60.3 Å². The Labute approximate surface area is 184 Å². The molecule has 1 aliphatic rings. The van der Waals surface area contributed by atoms with Crippen LogP contribution in [0.4, 0.5) is 0 Å². The van der Waals surface area contributed by atoms with Gasteiger partial charge < -0.3 is 20.1 Å². The highest BCUT2D eigenvalue weighted by atomic mass is 32.2. The van der Waals surface area contributed by atoms with E-state index in [4.69, 9.17) is 14.5 Å². The molecule has 156 valence electrons. The fourth-order valence-corrected chi connectivity index (χ4v) is 5.64. The van der Waals surface area contributed by atoms with Crippen molar-refractivity contribution in [3.63, 3.8) is 0 Å². The number of nitrogens with zero attached hydrogens (tertiary/aromatic N) is 1. The van der Waals surface area contributed by atoms with E-state index in [0.29, 0.717) is 0 Å². The van der Waals surface area contributed by atoms with Crippen molar-refractivity contribution in [3.8, 4) is 33.2 Å². The molecule has 2 N–H and O–H groups in total. The van der Waals surface area contributed by atoms with Gasteiger partial charge in [-0.05, 0) is 54.1 Å². The van der Waals surface area contributed by atoms with E-state index < -0.39 is 0 Å². The number of methoxy groups -OCH3 is 2. The molecule has 4 rings (SSSR count). The molecule has 3 aromatic rings. The van der Waals surface area contributed by atoms with Gasteiger partial charge in [-0.25, -0.2) is 4.98 Å². The van der Waals surface area contributed by atoms with Crippen molar-refractivity contribution < 1.29 is 14.3 Å². The Morgan fingerprint density at radius 2 is 1.70 bits per heavy atom. The van der Waals surface area contributed by atoms with Crippen LogP contribution in [0.1, 0.15) is 11.0 Å². The first-order chi connectivity index (χ1) is 14.7. The van der Waals surface area contributed by atoms with Crippen LogP contribution in [-0.4, -0.2) is 43.3 Å². The Balaban J connectivity index is 1.79. The number of hydrogen-bond acceptors (Lipinski definition) is 7. The quantitative estimate of drug-likeness (QED) is 0.516. The summed E-state index contributed by atoms with van der Waals surface area (Å²) in [5.74, 6) is 3.42. The van der Waals surface area contributed by atoms with E-state index in [9.17, 15) is 4.79 Å². The normalized spacial score (nSPS) is 16.8. The minimum absolute atomic E-state index is 0.152. The van der Waals surface area contributed by atoms with Crippen LogP contribution in [0.2, 0.25) is 0 Å². The van der Waals surface area contributed by atoms with E-state index >= 15 is 0 Å². The number of thiazole rings is 1. The van der Waals surface area contributed by atoms with Crippen LogP contribution >= 0.6 is 23.1 Å². The molecule has 2 atom stereocenters. The predicted octanol–water partition coefficient (Wildman–Crippen LogP) is 3.94. The number of carbonyl (C=O) groups excluding carboxylic acids is 1. The molecule has 8 heteroatoms. The Kier molecular flexibility index (Phi) is 6.56. The van der Waals surface area contributed by atoms with Crippen LogP contribution in [0.25, 0.3) is 21.7 Å². The third-order valence-corrected chi connectivity index (χ3v) is 7.17. The summed E-state index contributed by atoms with van der Waals surface area (Å²) in [5.41, 5.74) is 2.96. The minimum Gasteiger partial charge on any atom is -0.497 e. The molecule has 0 radical (unpaired) electrons. The van der Waals surface area contributed by atoms with Crippen molar-refractivity contribution in [3.05, 3.63) is 53.5 Å². The largest absolute Gasteiger partial charge is 0.497 e. The Morgan fingerprint density at radius 3 is 2.23 bits per heavy atom. The standard InChI is InChI=1S/C22H23N3O3S2/c1-27-16-7-3-14(4-8-16)19-21(15-5-9-17(28-2)10-6-15)30-22(25-19)20(23-12-26)18-11-29-13-24-18/h3-10,12,18,20,24H,11,13H2,1-2H3,(H,23,26). The lowest BCUT2D eigenvalue weighted by atomic mass is 10.1. The van der Waals surface area contributed by atoms with E-state index in [1.165, 1.54) is 0 Å². The van der Waals surface area contributed by atoms with Crippen LogP contribution < -0.4 is 20.1 Å². The van der Waals surface area contributed by atoms with Crippen LogP contribution in [0.15, 0.2) is 48.5 Å². The Morgan fingerprint density at radius 1 is 1.07 bits per heavy atom. The van der Waals surface area contributed by atoms with E-state index in [2.05, 4.69) is 10.6 Å². The van der Waals surface area contributed by atoms with Crippen molar-refractivity contribution in [2.24, 2.45) is 0 Å². The molecule has 0 bridgehead atoms. The molecular formula is C22H23N3O3S2. The van der Waals surface area contributed by atoms with E-state index in [-0.39, 0.29) is 12.1 Å². The number of ether oxygens (including phenoxy) is 2. The number of carbonyl (C=O) groups is 1. The molecule has 1 aliphatic heterocycles. The fourth-order valence-electron chi connectivity index (χ4n) is 3.41. The summed E-state index contributed by atoms with van der Waals surface area (Å²) in [5, 5.41) is 7.31. The lowest BCUT2D eigenvalue weighted by Gasteiger charge is -2.20. The maximum atomic E-state index is 11.3. The van der Waals surface area contributed by atoms with Crippen LogP contribution in [-0.2, 0) is 4.79 Å². The molecule has 1 amide bonds. The Bertz CT molecular complexity index is 919. The van der Waals surface area contributed by atoms with E-state index in [0.717, 1.165) is 56.2 Å². The average Bonchev–Trinajstić information content (AvgIpc) is 3.48. The topological polar surface area (TPSA) is 72.5 Å². The van der Waals surface area contributed by atoms with Gasteiger partial charge in [-0.2, -0.15) is 0 Å². The molecule has 2 aromatic carbocycles. The molecule has 1 saturated heterocycles. The molecule has 0 aliphatic carbocycles. The first-order valence-electron chi connectivity index (χ1n) is 9.54. The van der Waals surface area contributed by atoms with Crippen LogP contribution in [0.5, 0.6) is 11.5 Å². The molecule has 1 aromatic heterocycles. The number of benzene rings is 2. The summed E-state index contributed by atoms with van der Waals surface area (Å²) in [4.78, 5) is 17.4. The zero-order valence-corrected chi connectivity index (χ0v) is 18.4. The summed E-state index contributed by atoms with van der Waals surface area (Å²) >= 11 is 3.44.